The molecule has 2 nitrogen and oxygen atoms in total. The minimum atomic E-state index is -0.674. The molecule has 19 heavy (non-hydrogen) atoms. The van der Waals surface area contributed by atoms with Crippen LogP contribution in [-0.4, -0.2) is 0 Å². The highest BCUT2D eigenvalue weighted by Crippen LogP contribution is 2.30. The molecule has 0 heterocycles. The molecule has 0 unspecified atom stereocenters. The van der Waals surface area contributed by atoms with E-state index >= 15 is 0 Å². The van der Waals surface area contributed by atoms with Gasteiger partial charge in [0.05, 0.1) is 0 Å². The average Bonchev–Trinajstić information content (AvgIpc) is 2.37. The van der Waals surface area contributed by atoms with Crippen LogP contribution < -0.4 is 10.5 Å². The van der Waals surface area contributed by atoms with Crippen molar-refractivity contribution in [2.45, 2.75) is 19.4 Å². The fourth-order valence-electron chi connectivity index (χ4n) is 1.81. The zero-order valence-corrected chi connectivity index (χ0v) is 10.6. The van der Waals surface area contributed by atoms with Crippen molar-refractivity contribution in [3.8, 4) is 11.5 Å². The van der Waals surface area contributed by atoms with E-state index in [0.717, 1.165) is 30.2 Å². The predicted octanol–water partition coefficient (Wildman–Crippen LogP) is 4.17. The fourth-order valence-corrected chi connectivity index (χ4v) is 1.81. The van der Waals surface area contributed by atoms with E-state index in [4.69, 9.17) is 10.5 Å². The van der Waals surface area contributed by atoms with Gasteiger partial charge in [-0.25, -0.2) is 8.78 Å². The van der Waals surface area contributed by atoms with E-state index in [1.165, 1.54) is 0 Å². The summed E-state index contributed by atoms with van der Waals surface area (Å²) in [5, 5.41) is 0. The zero-order chi connectivity index (χ0) is 13.8. The van der Waals surface area contributed by atoms with Crippen LogP contribution in [0.2, 0.25) is 0 Å². The number of nitrogens with two attached hydrogens (primary N) is 1. The van der Waals surface area contributed by atoms with E-state index in [9.17, 15) is 8.78 Å². The van der Waals surface area contributed by atoms with Crippen molar-refractivity contribution < 1.29 is 13.5 Å². The maximum Gasteiger partial charge on any atom is 0.133 e. The van der Waals surface area contributed by atoms with E-state index in [1.807, 2.05) is 19.1 Å². The van der Waals surface area contributed by atoms with Crippen molar-refractivity contribution in [2.75, 3.05) is 0 Å². The van der Waals surface area contributed by atoms with E-state index < -0.39 is 11.6 Å². The minimum absolute atomic E-state index is 0.119. The summed E-state index contributed by atoms with van der Waals surface area (Å²) in [6, 6.07) is 10.1. The molecule has 0 radical (unpaired) electrons. The van der Waals surface area contributed by atoms with E-state index in [0.29, 0.717) is 5.75 Å². The molecule has 2 aromatic carbocycles. The summed E-state index contributed by atoms with van der Waals surface area (Å²) in [5.74, 6) is -0.713. The Kier molecular flexibility index (Phi) is 4.12. The van der Waals surface area contributed by atoms with Crippen LogP contribution in [0.5, 0.6) is 11.5 Å². The molecule has 0 fully saturated rings. The molecule has 0 aromatic heterocycles. The molecule has 2 N–H and O–H groups in total. The van der Waals surface area contributed by atoms with Crippen LogP contribution in [0, 0.1) is 11.6 Å². The summed E-state index contributed by atoms with van der Waals surface area (Å²) < 4.78 is 31.8. The number of ether oxygens (including phenoxy) is 1. The Morgan fingerprint density at radius 2 is 1.74 bits per heavy atom. The summed E-state index contributed by atoms with van der Waals surface area (Å²) in [7, 11) is 0. The smallest absolute Gasteiger partial charge is 0.133 e. The number of benzene rings is 2. The Balaban J connectivity index is 2.32. The Labute approximate surface area is 110 Å². The lowest BCUT2D eigenvalue weighted by atomic mass is 10.0. The third kappa shape index (κ3) is 3.29. The summed E-state index contributed by atoms with van der Waals surface area (Å²) in [6.07, 6.45) is 0.748. The topological polar surface area (TPSA) is 35.2 Å². The van der Waals surface area contributed by atoms with Crippen molar-refractivity contribution in [1.82, 2.24) is 0 Å². The lowest BCUT2D eigenvalue weighted by Gasteiger charge is -2.15. The lowest BCUT2D eigenvalue weighted by molar-refractivity contribution is 0.457. The van der Waals surface area contributed by atoms with Gasteiger partial charge in [0, 0.05) is 29.8 Å². The number of hydrogen-bond acceptors (Lipinski definition) is 2. The van der Waals surface area contributed by atoms with Crippen molar-refractivity contribution in [1.29, 1.82) is 0 Å². The zero-order valence-electron chi connectivity index (χ0n) is 10.6. The highest BCUT2D eigenvalue weighted by Gasteiger charge is 2.11. The molecule has 100 valence electrons. The molecule has 1 atom stereocenters. The van der Waals surface area contributed by atoms with Crippen molar-refractivity contribution in [3.63, 3.8) is 0 Å². The van der Waals surface area contributed by atoms with E-state index in [2.05, 4.69) is 0 Å². The van der Waals surface area contributed by atoms with Crippen molar-refractivity contribution in [3.05, 3.63) is 59.7 Å². The monoisotopic (exact) mass is 263 g/mol. The van der Waals surface area contributed by atoms with Crippen molar-refractivity contribution in [2.24, 2.45) is 5.73 Å². The van der Waals surface area contributed by atoms with Crippen molar-refractivity contribution >= 4 is 0 Å². The SMILES string of the molecule is CC[C@H](N)c1ccccc1Oc1cc(F)cc(F)c1. The van der Waals surface area contributed by atoms with Crippen LogP contribution >= 0.6 is 0 Å². The van der Waals surface area contributed by atoms with Gasteiger partial charge in [-0.15, -0.1) is 0 Å². The molecule has 2 aromatic rings. The summed E-state index contributed by atoms with van der Waals surface area (Å²) >= 11 is 0. The van der Waals surface area contributed by atoms with Crippen LogP contribution in [0.1, 0.15) is 24.9 Å². The molecular formula is C15H15F2NO. The number of halogens is 2. The van der Waals surface area contributed by atoms with Crippen LogP contribution in [0.4, 0.5) is 8.78 Å². The van der Waals surface area contributed by atoms with Gasteiger partial charge in [0.2, 0.25) is 0 Å². The van der Waals surface area contributed by atoms with Gasteiger partial charge in [-0.3, -0.25) is 0 Å². The number of rotatable bonds is 4. The van der Waals surface area contributed by atoms with Gasteiger partial charge in [0.25, 0.3) is 0 Å². The molecule has 0 amide bonds. The van der Waals surface area contributed by atoms with E-state index in [-0.39, 0.29) is 11.8 Å². The predicted molar refractivity (Wildman–Crippen MR) is 70.1 cm³/mol. The highest BCUT2D eigenvalue weighted by atomic mass is 19.1. The largest absolute Gasteiger partial charge is 0.457 e. The maximum atomic E-state index is 13.1. The lowest BCUT2D eigenvalue weighted by Crippen LogP contribution is -2.09. The van der Waals surface area contributed by atoms with Gasteiger partial charge in [0.15, 0.2) is 0 Å². The molecule has 0 saturated carbocycles. The second-order valence-corrected chi connectivity index (χ2v) is 4.26. The molecule has 0 aliphatic rings. The first kappa shape index (κ1) is 13.5. The van der Waals surface area contributed by atoms with Gasteiger partial charge in [-0.2, -0.15) is 0 Å². The first-order chi connectivity index (χ1) is 9.10. The van der Waals surface area contributed by atoms with E-state index in [1.54, 1.807) is 12.1 Å². The van der Waals surface area contributed by atoms with Crippen LogP contribution in [0.3, 0.4) is 0 Å². The molecule has 2 rings (SSSR count). The molecule has 0 spiro atoms. The third-order valence-corrected chi connectivity index (χ3v) is 2.82. The molecule has 0 aliphatic heterocycles. The summed E-state index contributed by atoms with van der Waals surface area (Å²) in [5.41, 5.74) is 6.79. The normalized spacial score (nSPS) is 12.2. The molecular weight excluding hydrogens is 248 g/mol. The van der Waals surface area contributed by atoms with Gasteiger partial charge in [-0.1, -0.05) is 25.1 Å². The fraction of sp³-hybridized carbons (Fsp3) is 0.200. The number of hydrogen-bond donors (Lipinski definition) is 1. The summed E-state index contributed by atoms with van der Waals surface area (Å²) in [6.45, 7) is 1.96. The third-order valence-electron chi connectivity index (χ3n) is 2.82. The van der Waals surface area contributed by atoms with Gasteiger partial charge >= 0.3 is 0 Å². The minimum Gasteiger partial charge on any atom is -0.457 e. The van der Waals surface area contributed by atoms with Gasteiger partial charge < -0.3 is 10.5 Å². The molecule has 0 aliphatic carbocycles. The van der Waals surface area contributed by atoms with Crippen LogP contribution in [-0.2, 0) is 0 Å². The quantitative estimate of drug-likeness (QED) is 0.898. The maximum absolute atomic E-state index is 13.1. The highest BCUT2D eigenvalue weighted by molar-refractivity contribution is 5.39. The Morgan fingerprint density at radius 1 is 1.11 bits per heavy atom. The standard InChI is InChI=1S/C15H15F2NO/c1-2-14(18)13-5-3-4-6-15(13)19-12-8-10(16)7-11(17)9-12/h3-9,14H,2,18H2,1H3/t14-/m0/s1. The average molecular weight is 263 g/mol. The summed E-state index contributed by atoms with van der Waals surface area (Å²) in [4.78, 5) is 0. The van der Waals surface area contributed by atoms with Crippen LogP contribution in [0.15, 0.2) is 42.5 Å². The van der Waals surface area contributed by atoms with Gasteiger partial charge in [-0.05, 0) is 12.5 Å². The molecule has 0 bridgehead atoms. The molecule has 4 heteroatoms. The first-order valence-electron chi connectivity index (χ1n) is 6.08. The van der Waals surface area contributed by atoms with Crippen LogP contribution in [0.25, 0.3) is 0 Å². The Bertz CT molecular complexity index is 552. The second-order valence-electron chi connectivity index (χ2n) is 4.26. The second kappa shape index (κ2) is 5.80. The number of para-hydroxylation sites is 1. The Hall–Kier alpha value is -1.94. The first-order valence-corrected chi connectivity index (χ1v) is 6.08. The Morgan fingerprint density at radius 3 is 2.37 bits per heavy atom. The molecule has 0 saturated heterocycles. The van der Waals surface area contributed by atoms with Gasteiger partial charge in [0.1, 0.15) is 23.1 Å².